The number of hydrogen-bond acceptors (Lipinski definition) is 3. The van der Waals surface area contributed by atoms with E-state index in [0.29, 0.717) is 28.9 Å². The summed E-state index contributed by atoms with van der Waals surface area (Å²) < 4.78 is 6.76. The summed E-state index contributed by atoms with van der Waals surface area (Å²) in [5.74, 6) is -0.388. The van der Waals surface area contributed by atoms with Crippen LogP contribution >= 0.6 is 23.2 Å². The standard InChI is InChI=1S/C17H20Cl2N2O2/c1-5-23-16(22)14-9-15(17(2,3)4)20-21(14)10-11-6-7-12(18)8-13(11)19/h6-9H,5,10H2,1-4H3. The van der Waals surface area contributed by atoms with Crippen LogP contribution in [0.5, 0.6) is 0 Å². The maximum Gasteiger partial charge on any atom is 0.356 e. The molecule has 0 aliphatic carbocycles. The van der Waals surface area contributed by atoms with Crippen LogP contribution in [0.2, 0.25) is 10.0 Å². The molecule has 0 fully saturated rings. The Morgan fingerprint density at radius 3 is 2.52 bits per heavy atom. The third-order valence-corrected chi connectivity index (χ3v) is 3.96. The maximum atomic E-state index is 12.2. The van der Waals surface area contributed by atoms with Crippen molar-refractivity contribution in [2.75, 3.05) is 6.61 Å². The van der Waals surface area contributed by atoms with E-state index in [4.69, 9.17) is 27.9 Å². The lowest BCUT2D eigenvalue weighted by molar-refractivity contribution is 0.0512. The smallest absolute Gasteiger partial charge is 0.356 e. The van der Waals surface area contributed by atoms with Gasteiger partial charge in [-0.1, -0.05) is 50.0 Å². The Labute approximate surface area is 146 Å². The highest BCUT2D eigenvalue weighted by molar-refractivity contribution is 6.35. The summed E-state index contributed by atoms with van der Waals surface area (Å²) in [5.41, 5.74) is 1.91. The molecule has 1 aromatic carbocycles. The van der Waals surface area contributed by atoms with Gasteiger partial charge in [0, 0.05) is 15.5 Å². The molecule has 0 unspecified atom stereocenters. The first-order valence-electron chi connectivity index (χ1n) is 7.41. The molecule has 0 saturated heterocycles. The number of nitrogens with zero attached hydrogens (tertiary/aromatic N) is 2. The first kappa shape index (κ1) is 17.8. The Morgan fingerprint density at radius 1 is 1.26 bits per heavy atom. The van der Waals surface area contributed by atoms with Gasteiger partial charge in [-0.3, -0.25) is 4.68 Å². The Morgan fingerprint density at radius 2 is 1.96 bits per heavy atom. The van der Waals surface area contributed by atoms with Crippen molar-refractivity contribution in [2.24, 2.45) is 0 Å². The fourth-order valence-corrected chi connectivity index (χ4v) is 2.55. The van der Waals surface area contributed by atoms with Crippen molar-refractivity contribution >= 4 is 29.2 Å². The van der Waals surface area contributed by atoms with E-state index in [1.165, 1.54) is 0 Å². The van der Waals surface area contributed by atoms with Crippen molar-refractivity contribution in [3.05, 3.63) is 51.3 Å². The third kappa shape index (κ3) is 4.27. The average molecular weight is 355 g/mol. The van der Waals surface area contributed by atoms with Gasteiger partial charge in [-0.15, -0.1) is 0 Å². The van der Waals surface area contributed by atoms with Crippen LogP contribution in [0.1, 0.15) is 49.4 Å². The van der Waals surface area contributed by atoms with Gasteiger partial charge in [0.15, 0.2) is 0 Å². The topological polar surface area (TPSA) is 44.1 Å². The van der Waals surface area contributed by atoms with E-state index in [2.05, 4.69) is 5.10 Å². The van der Waals surface area contributed by atoms with E-state index in [1.807, 2.05) is 26.8 Å². The molecule has 0 N–H and O–H groups in total. The molecule has 2 rings (SSSR count). The zero-order valence-electron chi connectivity index (χ0n) is 13.7. The second-order valence-electron chi connectivity index (χ2n) is 6.28. The van der Waals surface area contributed by atoms with E-state index < -0.39 is 0 Å². The van der Waals surface area contributed by atoms with Crippen LogP contribution in [0.4, 0.5) is 0 Å². The highest BCUT2D eigenvalue weighted by Crippen LogP contribution is 2.25. The second kappa shape index (κ2) is 6.93. The zero-order valence-corrected chi connectivity index (χ0v) is 15.2. The predicted molar refractivity (Wildman–Crippen MR) is 92.4 cm³/mol. The first-order chi connectivity index (χ1) is 10.7. The van der Waals surface area contributed by atoms with Crippen LogP contribution < -0.4 is 0 Å². The number of esters is 1. The predicted octanol–water partition coefficient (Wildman–Crippen LogP) is 4.71. The van der Waals surface area contributed by atoms with Crippen molar-refractivity contribution in [3.63, 3.8) is 0 Å². The summed E-state index contributed by atoms with van der Waals surface area (Å²) in [4.78, 5) is 12.2. The van der Waals surface area contributed by atoms with Crippen LogP contribution in [0.3, 0.4) is 0 Å². The lowest BCUT2D eigenvalue weighted by Gasteiger charge is -2.14. The average Bonchev–Trinajstić information content (AvgIpc) is 2.86. The van der Waals surface area contributed by atoms with Crippen molar-refractivity contribution in [1.29, 1.82) is 0 Å². The summed E-state index contributed by atoms with van der Waals surface area (Å²) in [6.07, 6.45) is 0. The van der Waals surface area contributed by atoms with Crippen molar-refractivity contribution in [1.82, 2.24) is 9.78 Å². The van der Waals surface area contributed by atoms with Gasteiger partial charge in [-0.25, -0.2) is 4.79 Å². The second-order valence-corrected chi connectivity index (χ2v) is 7.12. The molecule has 0 bridgehead atoms. The van der Waals surface area contributed by atoms with Crippen LogP contribution in [0.15, 0.2) is 24.3 Å². The van der Waals surface area contributed by atoms with Gasteiger partial charge in [0.25, 0.3) is 0 Å². The fourth-order valence-electron chi connectivity index (χ4n) is 2.08. The molecule has 23 heavy (non-hydrogen) atoms. The van der Waals surface area contributed by atoms with E-state index in [-0.39, 0.29) is 11.4 Å². The third-order valence-electron chi connectivity index (χ3n) is 3.37. The van der Waals surface area contributed by atoms with Gasteiger partial charge in [-0.2, -0.15) is 5.10 Å². The van der Waals surface area contributed by atoms with E-state index in [0.717, 1.165) is 11.3 Å². The molecule has 124 valence electrons. The zero-order chi connectivity index (χ0) is 17.2. The minimum Gasteiger partial charge on any atom is -0.461 e. The molecule has 0 aliphatic heterocycles. The Hall–Kier alpha value is -1.52. The van der Waals surface area contributed by atoms with E-state index in [9.17, 15) is 4.79 Å². The molecule has 0 aliphatic rings. The quantitative estimate of drug-likeness (QED) is 0.746. The molecule has 0 spiro atoms. The number of rotatable bonds is 4. The lowest BCUT2D eigenvalue weighted by Crippen LogP contribution is -2.15. The Bertz CT molecular complexity index is 718. The summed E-state index contributed by atoms with van der Waals surface area (Å²) >= 11 is 12.2. The summed E-state index contributed by atoms with van der Waals surface area (Å²) in [5, 5.41) is 5.68. The Kier molecular flexibility index (Phi) is 5.37. The molecular formula is C17H20Cl2N2O2. The van der Waals surface area contributed by atoms with Crippen molar-refractivity contribution < 1.29 is 9.53 Å². The summed E-state index contributed by atoms with van der Waals surface area (Å²) in [6.45, 7) is 8.60. The minimum absolute atomic E-state index is 0.170. The van der Waals surface area contributed by atoms with Crippen molar-refractivity contribution in [3.8, 4) is 0 Å². The van der Waals surface area contributed by atoms with Crippen LogP contribution in [-0.4, -0.2) is 22.4 Å². The van der Waals surface area contributed by atoms with Crippen LogP contribution in [0.25, 0.3) is 0 Å². The van der Waals surface area contributed by atoms with Gasteiger partial charge in [-0.05, 0) is 30.7 Å². The summed E-state index contributed by atoms with van der Waals surface area (Å²) in [6, 6.07) is 7.05. The number of halogens is 2. The molecule has 1 heterocycles. The number of carbonyl (C=O) groups is 1. The maximum absolute atomic E-state index is 12.2. The van der Waals surface area contributed by atoms with Gasteiger partial charge >= 0.3 is 5.97 Å². The molecule has 0 radical (unpaired) electrons. The lowest BCUT2D eigenvalue weighted by atomic mass is 9.92. The monoisotopic (exact) mass is 354 g/mol. The van der Waals surface area contributed by atoms with Crippen LogP contribution in [-0.2, 0) is 16.7 Å². The first-order valence-corrected chi connectivity index (χ1v) is 8.17. The molecular weight excluding hydrogens is 335 g/mol. The van der Waals surface area contributed by atoms with Gasteiger partial charge in [0.05, 0.1) is 18.8 Å². The van der Waals surface area contributed by atoms with Gasteiger partial charge < -0.3 is 4.74 Å². The fraction of sp³-hybridized carbons (Fsp3) is 0.412. The molecule has 1 aromatic heterocycles. The normalized spacial score (nSPS) is 11.6. The highest BCUT2D eigenvalue weighted by atomic mass is 35.5. The minimum atomic E-state index is -0.388. The molecule has 0 amide bonds. The molecule has 0 atom stereocenters. The van der Waals surface area contributed by atoms with E-state index in [1.54, 1.807) is 29.8 Å². The largest absolute Gasteiger partial charge is 0.461 e. The molecule has 4 nitrogen and oxygen atoms in total. The number of hydrogen-bond donors (Lipinski definition) is 0. The molecule has 6 heteroatoms. The Balaban J connectivity index is 2.43. The molecule has 2 aromatic rings. The summed E-state index contributed by atoms with van der Waals surface area (Å²) in [7, 11) is 0. The molecule has 0 saturated carbocycles. The SMILES string of the molecule is CCOC(=O)c1cc(C(C)(C)C)nn1Cc1ccc(Cl)cc1Cl. The number of ether oxygens (including phenoxy) is 1. The van der Waals surface area contributed by atoms with Crippen molar-refractivity contribution in [2.45, 2.75) is 39.7 Å². The number of benzene rings is 1. The van der Waals surface area contributed by atoms with Crippen LogP contribution in [0, 0.1) is 0 Å². The van der Waals surface area contributed by atoms with Gasteiger partial charge in [0.1, 0.15) is 5.69 Å². The highest BCUT2D eigenvalue weighted by Gasteiger charge is 2.24. The number of aromatic nitrogens is 2. The van der Waals surface area contributed by atoms with E-state index >= 15 is 0 Å². The van der Waals surface area contributed by atoms with Gasteiger partial charge in [0.2, 0.25) is 0 Å². The number of carbonyl (C=O) groups excluding carboxylic acids is 1.